The van der Waals surface area contributed by atoms with Crippen LogP contribution in [0.1, 0.15) is 31.3 Å². The molecular formula is C14H16N2O2. The predicted molar refractivity (Wildman–Crippen MR) is 71.5 cm³/mol. The molecule has 0 saturated heterocycles. The molecule has 0 aliphatic carbocycles. The normalized spacial score (nSPS) is 11.8. The smallest absolute Gasteiger partial charge is 0.328 e. The van der Waals surface area contributed by atoms with E-state index in [9.17, 15) is 4.79 Å². The third-order valence-electron chi connectivity index (χ3n) is 2.83. The lowest BCUT2D eigenvalue weighted by atomic mass is 10.2. The first-order chi connectivity index (χ1) is 8.50. The number of carbonyl (C=O) groups is 1. The first kappa shape index (κ1) is 12.4. The number of carboxylic acid groups (broad SMARTS) is 1. The van der Waals surface area contributed by atoms with Crippen molar-refractivity contribution >= 4 is 23.1 Å². The van der Waals surface area contributed by atoms with E-state index >= 15 is 0 Å². The van der Waals surface area contributed by atoms with Gasteiger partial charge in [0.1, 0.15) is 5.82 Å². The SMILES string of the molecule is Cc1cccc2nc(/C=C/C(=O)O)n(C(C)C)c12. The van der Waals surface area contributed by atoms with E-state index in [1.165, 1.54) is 0 Å². The number of hydrogen-bond donors (Lipinski definition) is 1. The highest BCUT2D eigenvalue weighted by molar-refractivity contribution is 5.86. The number of para-hydroxylation sites is 1. The van der Waals surface area contributed by atoms with Gasteiger partial charge in [-0.05, 0) is 38.5 Å². The van der Waals surface area contributed by atoms with Crippen LogP contribution in [0.15, 0.2) is 24.3 Å². The molecule has 1 aromatic carbocycles. The van der Waals surface area contributed by atoms with E-state index in [1.54, 1.807) is 6.08 Å². The molecule has 1 aromatic heterocycles. The zero-order valence-corrected chi connectivity index (χ0v) is 10.7. The lowest BCUT2D eigenvalue weighted by Gasteiger charge is -2.12. The van der Waals surface area contributed by atoms with Crippen molar-refractivity contribution in [2.24, 2.45) is 0 Å². The van der Waals surface area contributed by atoms with Gasteiger partial charge < -0.3 is 9.67 Å². The highest BCUT2D eigenvalue weighted by Gasteiger charge is 2.12. The average Bonchev–Trinajstić information content (AvgIpc) is 2.66. The van der Waals surface area contributed by atoms with Gasteiger partial charge in [0, 0.05) is 12.1 Å². The molecule has 0 aliphatic rings. The summed E-state index contributed by atoms with van der Waals surface area (Å²) in [7, 11) is 0. The molecule has 0 radical (unpaired) electrons. The summed E-state index contributed by atoms with van der Waals surface area (Å²) in [6.45, 7) is 6.16. The van der Waals surface area contributed by atoms with Crippen molar-refractivity contribution < 1.29 is 9.90 Å². The Morgan fingerprint density at radius 1 is 1.44 bits per heavy atom. The predicted octanol–water partition coefficient (Wildman–Crippen LogP) is 3.02. The van der Waals surface area contributed by atoms with Gasteiger partial charge in [0.05, 0.1) is 11.0 Å². The van der Waals surface area contributed by atoms with E-state index in [2.05, 4.69) is 23.4 Å². The molecule has 0 bridgehead atoms. The number of fused-ring (bicyclic) bond motifs is 1. The Morgan fingerprint density at radius 2 is 2.17 bits per heavy atom. The van der Waals surface area contributed by atoms with Crippen LogP contribution in [-0.2, 0) is 4.79 Å². The van der Waals surface area contributed by atoms with Crippen LogP contribution in [0.2, 0.25) is 0 Å². The van der Waals surface area contributed by atoms with Crippen molar-refractivity contribution in [3.63, 3.8) is 0 Å². The number of aliphatic carboxylic acids is 1. The third-order valence-corrected chi connectivity index (χ3v) is 2.83. The minimum absolute atomic E-state index is 0.226. The number of aromatic nitrogens is 2. The number of carboxylic acids is 1. The molecule has 94 valence electrons. The molecule has 0 atom stereocenters. The fraction of sp³-hybridized carbons (Fsp3) is 0.286. The fourth-order valence-corrected chi connectivity index (χ4v) is 2.13. The Bertz CT molecular complexity index is 624. The Labute approximate surface area is 106 Å². The summed E-state index contributed by atoms with van der Waals surface area (Å²) in [6, 6.07) is 6.16. The van der Waals surface area contributed by atoms with Crippen LogP contribution in [0.25, 0.3) is 17.1 Å². The Hall–Kier alpha value is -2.10. The van der Waals surface area contributed by atoms with Gasteiger partial charge in [0.25, 0.3) is 0 Å². The van der Waals surface area contributed by atoms with Gasteiger partial charge in [-0.2, -0.15) is 0 Å². The van der Waals surface area contributed by atoms with Crippen molar-refractivity contribution in [3.05, 3.63) is 35.7 Å². The van der Waals surface area contributed by atoms with E-state index in [0.717, 1.165) is 22.7 Å². The molecule has 0 unspecified atom stereocenters. The Morgan fingerprint density at radius 3 is 2.78 bits per heavy atom. The Kier molecular flexibility index (Phi) is 3.19. The van der Waals surface area contributed by atoms with Crippen LogP contribution in [0.4, 0.5) is 0 Å². The summed E-state index contributed by atoms with van der Waals surface area (Å²) in [5.41, 5.74) is 3.11. The summed E-state index contributed by atoms with van der Waals surface area (Å²) >= 11 is 0. The second-order valence-electron chi connectivity index (χ2n) is 4.55. The number of rotatable bonds is 3. The van der Waals surface area contributed by atoms with E-state index in [4.69, 9.17) is 5.11 Å². The highest BCUT2D eigenvalue weighted by atomic mass is 16.4. The molecule has 1 heterocycles. The molecule has 1 N–H and O–H groups in total. The lowest BCUT2D eigenvalue weighted by molar-refractivity contribution is -0.131. The van der Waals surface area contributed by atoms with Gasteiger partial charge >= 0.3 is 5.97 Å². The number of nitrogens with zero attached hydrogens (tertiary/aromatic N) is 2. The molecule has 4 heteroatoms. The minimum Gasteiger partial charge on any atom is -0.478 e. The number of hydrogen-bond acceptors (Lipinski definition) is 2. The fourth-order valence-electron chi connectivity index (χ4n) is 2.13. The Balaban J connectivity index is 2.70. The maximum atomic E-state index is 10.6. The monoisotopic (exact) mass is 244 g/mol. The van der Waals surface area contributed by atoms with Crippen molar-refractivity contribution in [3.8, 4) is 0 Å². The van der Waals surface area contributed by atoms with Gasteiger partial charge in [-0.15, -0.1) is 0 Å². The summed E-state index contributed by atoms with van der Waals surface area (Å²) in [6.07, 6.45) is 2.66. The zero-order chi connectivity index (χ0) is 13.3. The molecule has 2 aromatic rings. The molecule has 0 saturated carbocycles. The molecule has 0 fully saturated rings. The topological polar surface area (TPSA) is 55.1 Å². The summed E-state index contributed by atoms with van der Waals surface area (Å²) in [4.78, 5) is 15.1. The maximum absolute atomic E-state index is 10.6. The van der Waals surface area contributed by atoms with Crippen LogP contribution in [0.5, 0.6) is 0 Å². The first-order valence-corrected chi connectivity index (χ1v) is 5.89. The zero-order valence-electron chi connectivity index (χ0n) is 10.7. The molecule has 2 rings (SSSR count). The maximum Gasteiger partial charge on any atom is 0.328 e. The van der Waals surface area contributed by atoms with Crippen LogP contribution in [-0.4, -0.2) is 20.6 Å². The van der Waals surface area contributed by atoms with Gasteiger partial charge in [-0.25, -0.2) is 9.78 Å². The van der Waals surface area contributed by atoms with Crippen LogP contribution >= 0.6 is 0 Å². The number of benzene rings is 1. The molecule has 4 nitrogen and oxygen atoms in total. The van der Waals surface area contributed by atoms with E-state index in [1.807, 2.05) is 25.1 Å². The van der Waals surface area contributed by atoms with Gasteiger partial charge in [-0.3, -0.25) is 0 Å². The van der Waals surface area contributed by atoms with E-state index in [-0.39, 0.29) is 6.04 Å². The van der Waals surface area contributed by atoms with Gasteiger partial charge in [-0.1, -0.05) is 12.1 Å². The summed E-state index contributed by atoms with van der Waals surface area (Å²) in [5.74, 6) is -0.286. The average molecular weight is 244 g/mol. The molecule has 18 heavy (non-hydrogen) atoms. The number of imidazole rings is 1. The third kappa shape index (κ3) is 2.14. The molecule has 0 spiro atoms. The van der Waals surface area contributed by atoms with Crippen molar-refractivity contribution in [2.75, 3.05) is 0 Å². The van der Waals surface area contributed by atoms with Crippen LogP contribution in [0, 0.1) is 6.92 Å². The molecular weight excluding hydrogens is 228 g/mol. The summed E-state index contributed by atoms with van der Waals surface area (Å²) in [5, 5.41) is 8.71. The molecule has 0 aliphatic heterocycles. The second kappa shape index (κ2) is 4.64. The van der Waals surface area contributed by atoms with Gasteiger partial charge in [0.2, 0.25) is 0 Å². The van der Waals surface area contributed by atoms with Crippen molar-refractivity contribution in [1.29, 1.82) is 0 Å². The standard InChI is InChI=1S/C14H16N2O2/c1-9(2)16-12(7-8-13(17)18)15-11-6-4-5-10(3)14(11)16/h4-9H,1-3H3,(H,17,18)/b8-7+. The highest BCUT2D eigenvalue weighted by Crippen LogP contribution is 2.24. The lowest BCUT2D eigenvalue weighted by Crippen LogP contribution is -2.04. The van der Waals surface area contributed by atoms with E-state index < -0.39 is 5.97 Å². The number of aryl methyl sites for hydroxylation is 1. The molecule has 0 amide bonds. The van der Waals surface area contributed by atoms with Crippen molar-refractivity contribution in [1.82, 2.24) is 9.55 Å². The second-order valence-corrected chi connectivity index (χ2v) is 4.55. The van der Waals surface area contributed by atoms with E-state index in [0.29, 0.717) is 5.82 Å². The van der Waals surface area contributed by atoms with Crippen molar-refractivity contribution in [2.45, 2.75) is 26.8 Å². The largest absolute Gasteiger partial charge is 0.478 e. The van der Waals surface area contributed by atoms with Gasteiger partial charge in [0.15, 0.2) is 0 Å². The summed E-state index contributed by atoms with van der Waals surface area (Å²) < 4.78 is 2.06. The first-order valence-electron chi connectivity index (χ1n) is 5.89. The minimum atomic E-state index is -0.964. The quantitative estimate of drug-likeness (QED) is 0.844. The van der Waals surface area contributed by atoms with Crippen LogP contribution in [0.3, 0.4) is 0 Å². The van der Waals surface area contributed by atoms with Crippen LogP contribution < -0.4 is 0 Å².